The fourth-order valence-corrected chi connectivity index (χ4v) is 1.48. The zero-order valence-electron chi connectivity index (χ0n) is 7.49. The second kappa shape index (κ2) is 3.56. The molecule has 0 unspecified atom stereocenters. The predicted molar refractivity (Wildman–Crippen MR) is 47.7 cm³/mol. The highest BCUT2D eigenvalue weighted by molar-refractivity contribution is 5.76. The summed E-state index contributed by atoms with van der Waals surface area (Å²) in [5.41, 5.74) is 2.34. The van der Waals surface area contributed by atoms with Gasteiger partial charge in [-0.1, -0.05) is 0 Å². The van der Waals surface area contributed by atoms with E-state index in [0.717, 1.165) is 11.3 Å². The van der Waals surface area contributed by atoms with Crippen molar-refractivity contribution >= 4 is 6.29 Å². The Morgan fingerprint density at radius 3 is 3.21 bits per heavy atom. The minimum absolute atomic E-state index is 0.230. The van der Waals surface area contributed by atoms with Gasteiger partial charge in [0.05, 0.1) is 18.8 Å². The molecule has 2 rings (SSSR count). The number of aldehydes is 1. The lowest BCUT2D eigenvalue weighted by molar-refractivity contribution is 0.107. The molecule has 0 atom stereocenters. The molecule has 4 heteroatoms. The van der Waals surface area contributed by atoms with Crippen molar-refractivity contribution in [1.82, 2.24) is 4.98 Å². The van der Waals surface area contributed by atoms with Crippen LogP contribution < -0.4 is 0 Å². The first-order valence-corrected chi connectivity index (χ1v) is 4.31. The fourth-order valence-electron chi connectivity index (χ4n) is 1.48. The molecule has 1 aliphatic rings. The number of rotatable bonds is 1. The summed E-state index contributed by atoms with van der Waals surface area (Å²) >= 11 is 0. The van der Waals surface area contributed by atoms with Crippen LogP contribution in [-0.2, 0) is 17.8 Å². The van der Waals surface area contributed by atoms with Crippen molar-refractivity contribution < 1.29 is 9.53 Å². The van der Waals surface area contributed by atoms with Gasteiger partial charge in [0.1, 0.15) is 11.8 Å². The monoisotopic (exact) mass is 188 g/mol. The van der Waals surface area contributed by atoms with Crippen molar-refractivity contribution in [3.05, 3.63) is 28.6 Å². The summed E-state index contributed by atoms with van der Waals surface area (Å²) < 4.78 is 5.23. The van der Waals surface area contributed by atoms with Gasteiger partial charge in [-0.25, -0.2) is 4.98 Å². The first-order chi connectivity index (χ1) is 6.85. The van der Waals surface area contributed by atoms with E-state index >= 15 is 0 Å². The Balaban J connectivity index is 2.56. The molecule has 0 N–H and O–H groups in total. The molecule has 0 spiro atoms. The van der Waals surface area contributed by atoms with E-state index in [9.17, 15) is 4.79 Å². The lowest BCUT2D eigenvalue weighted by Gasteiger charge is -2.15. The van der Waals surface area contributed by atoms with E-state index in [1.54, 1.807) is 6.07 Å². The maximum Gasteiger partial charge on any atom is 0.169 e. The van der Waals surface area contributed by atoms with E-state index in [-0.39, 0.29) is 5.69 Å². The fraction of sp³-hybridized carbons (Fsp3) is 0.300. The van der Waals surface area contributed by atoms with Gasteiger partial charge in [0.25, 0.3) is 0 Å². The quantitative estimate of drug-likeness (QED) is 0.612. The Bertz CT molecular complexity index is 421. The summed E-state index contributed by atoms with van der Waals surface area (Å²) in [6.07, 6.45) is 1.33. The number of aromatic nitrogens is 1. The Hall–Kier alpha value is -1.73. The van der Waals surface area contributed by atoms with Crippen molar-refractivity contribution in [2.45, 2.75) is 13.0 Å². The molecule has 70 valence electrons. The first-order valence-electron chi connectivity index (χ1n) is 4.31. The lowest BCUT2D eigenvalue weighted by Crippen LogP contribution is -2.13. The molecule has 0 aromatic carbocycles. The van der Waals surface area contributed by atoms with Gasteiger partial charge in [-0.15, -0.1) is 0 Å². The summed E-state index contributed by atoms with van der Waals surface area (Å²) in [6, 6.07) is 3.63. The van der Waals surface area contributed by atoms with Crippen LogP contribution in [0.2, 0.25) is 0 Å². The zero-order valence-corrected chi connectivity index (χ0v) is 7.49. The van der Waals surface area contributed by atoms with E-state index in [1.807, 2.05) is 6.07 Å². The number of nitriles is 1. The summed E-state index contributed by atoms with van der Waals surface area (Å²) in [7, 11) is 0. The molecule has 2 heterocycles. The van der Waals surface area contributed by atoms with E-state index in [1.165, 1.54) is 0 Å². The number of fused-ring (bicyclic) bond motifs is 1. The Morgan fingerprint density at radius 1 is 1.64 bits per heavy atom. The average molecular weight is 188 g/mol. The van der Waals surface area contributed by atoms with Crippen LogP contribution in [0.3, 0.4) is 0 Å². The van der Waals surface area contributed by atoms with Gasteiger partial charge in [0, 0.05) is 17.7 Å². The van der Waals surface area contributed by atoms with Crippen LogP contribution in [0, 0.1) is 11.3 Å². The van der Waals surface area contributed by atoms with Crippen LogP contribution in [0.5, 0.6) is 0 Å². The molecule has 1 aromatic rings. The van der Waals surface area contributed by atoms with Crippen LogP contribution in [0.1, 0.15) is 27.3 Å². The molecule has 4 nitrogen and oxygen atoms in total. The van der Waals surface area contributed by atoms with E-state index in [0.29, 0.717) is 31.5 Å². The molecule has 1 aromatic heterocycles. The third kappa shape index (κ3) is 1.38. The maximum absolute atomic E-state index is 10.6. The smallest absolute Gasteiger partial charge is 0.169 e. The largest absolute Gasteiger partial charge is 0.376 e. The van der Waals surface area contributed by atoms with Crippen LogP contribution in [0.25, 0.3) is 0 Å². The molecule has 14 heavy (non-hydrogen) atoms. The molecule has 0 radical (unpaired) electrons. The third-order valence-electron chi connectivity index (χ3n) is 2.19. The van der Waals surface area contributed by atoms with Crippen molar-refractivity contribution in [1.29, 1.82) is 5.26 Å². The molecule has 0 bridgehead atoms. The second-order valence-electron chi connectivity index (χ2n) is 3.06. The lowest BCUT2D eigenvalue weighted by atomic mass is 10.1. The minimum Gasteiger partial charge on any atom is -0.376 e. The first kappa shape index (κ1) is 8.85. The second-order valence-corrected chi connectivity index (χ2v) is 3.06. The Kier molecular flexibility index (Phi) is 2.25. The van der Waals surface area contributed by atoms with Gasteiger partial charge in [0.2, 0.25) is 0 Å². The SMILES string of the molecule is N#Cc1cc2c(nc1C=O)CCOC2. The number of hydrogen-bond donors (Lipinski definition) is 0. The van der Waals surface area contributed by atoms with Gasteiger partial charge in [-0.05, 0) is 6.07 Å². The summed E-state index contributed by atoms with van der Waals surface area (Å²) in [6.45, 7) is 1.11. The van der Waals surface area contributed by atoms with Crippen LogP contribution >= 0.6 is 0 Å². The minimum atomic E-state index is 0.230. The van der Waals surface area contributed by atoms with Crippen LogP contribution in [0.15, 0.2) is 6.07 Å². The van der Waals surface area contributed by atoms with Crippen molar-refractivity contribution in [2.24, 2.45) is 0 Å². The number of hydrogen-bond acceptors (Lipinski definition) is 4. The maximum atomic E-state index is 10.6. The van der Waals surface area contributed by atoms with Gasteiger partial charge < -0.3 is 4.74 Å². The van der Waals surface area contributed by atoms with Gasteiger partial charge in [0.15, 0.2) is 6.29 Å². The number of ether oxygens (including phenoxy) is 1. The molecule has 0 amide bonds. The molecule has 1 aliphatic heterocycles. The highest BCUT2D eigenvalue weighted by atomic mass is 16.5. The normalized spacial score (nSPS) is 14.2. The number of carbonyl (C=O) groups excluding carboxylic acids is 1. The summed E-state index contributed by atoms with van der Waals surface area (Å²) in [4.78, 5) is 14.8. The molecule has 0 saturated heterocycles. The van der Waals surface area contributed by atoms with Crippen molar-refractivity contribution in [3.8, 4) is 6.07 Å². The van der Waals surface area contributed by atoms with Crippen LogP contribution in [0.4, 0.5) is 0 Å². The predicted octanol–water partition coefficient (Wildman–Crippen LogP) is 0.838. The Labute approximate surface area is 81.1 Å². The summed E-state index contributed by atoms with van der Waals surface area (Å²) in [5.74, 6) is 0. The van der Waals surface area contributed by atoms with E-state index in [4.69, 9.17) is 10.00 Å². The Morgan fingerprint density at radius 2 is 2.50 bits per heavy atom. The van der Waals surface area contributed by atoms with E-state index < -0.39 is 0 Å². The summed E-state index contributed by atoms with van der Waals surface area (Å²) in [5, 5.41) is 8.76. The van der Waals surface area contributed by atoms with Crippen molar-refractivity contribution in [3.63, 3.8) is 0 Å². The van der Waals surface area contributed by atoms with Gasteiger partial charge in [-0.2, -0.15) is 5.26 Å². The molecular weight excluding hydrogens is 180 g/mol. The topological polar surface area (TPSA) is 63.0 Å². The van der Waals surface area contributed by atoms with Crippen molar-refractivity contribution in [2.75, 3.05) is 6.61 Å². The van der Waals surface area contributed by atoms with Crippen LogP contribution in [-0.4, -0.2) is 17.9 Å². The number of pyridine rings is 1. The molecule has 0 aliphatic carbocycles. The molecular formula is C10H8N2O2. The molecule has 0 saturated carbocycles. The molecule has 0 fully saturated rings. The third-order valence-corrected chi connectivity index (χ3v) is 2.19. The van der Waals surface area contributed by atoms with Gasteiger partial charge in [-0.3, -0.25) is 4.79 Å². The number of nitrogens with zero attached hydrogens (tertiary/aromatic N) is 2. The highest BCUT2D eigenvalue weighted by Gasteiger charge is 2.14. The van der Waals surface area contributed by atoms with E-state index in [2.05, 4.69) is 4.98 Å². The average Bonchev–Trinajstić information content (AvgIpc) is 2.27. The standard InChI is InChI=1S/C10H8N2O2/c11-4-7-3-8-6-14-2-1-9(8)12-10(7)5-13/h3,5H,1-2,6H2. The highest BCUT2D eigenvalue weighted by Crippen LogP contribution is 2.17. The van der Waals surface area contributed by atoms with Gasteiger partial charge >= 0.3 is 0 Å². The zero-order chi connectivity index (χ0) is 9.97. The number of carbonyl (C=O) groups is 1.